The zero-order valence-corrected chi connectivity index (χ0v) is 12.3. The van der Waals surface area contributed by atoms with Crippen molar-refractivity contribution in [1.82, 2.24) is 20.2 Å². The van der Waals surface area contributed by atoms with Gasteiger partial charge in [0, 0.05) is 19.1 Å². The molecule has 1 aromatic heterocycles. The normalized spacial score (nSPS) is 12.2. The van der Waals surface area contributed by atoms with E-state index in [1.54, 1.807) is 0 Å². The number of hydrogen-bond donors (Lipinski definition) is 2. The number of aromatic nitrogens is 2. The van der Waals surface area contributed by atoms with Gasteiger partial charge in [0.2, 0.25) is 0 Å². The zero-order chi connectivity index (χ0) is 13.9. The minimum atomic E-state index is 0.129. The maximum absolute atomic E-state index is 4.40. The van der Waals surface area contributed by atoms with Crippen LogP contribution in [0.2, 0.25) is 0 Å². The smallest absolute Gasteiger partial charge is 0.0955 e. The van der Waals surface area contributed by atoms with Crippen molar-refractivity contribution >= 4 is 11.0 Å². The molecule has 0 unspecified atom stereocenters. The van der Waals surface area contributed by atoms with E-state index in [0.717, 1.165) is 25.0 Å². The van der Waals surface area contributed by atoms with Crippen molar-refractivity contribution in [2.45, 2.75) is 25.8 Å². The van der Waals surface area contributed by atoms with Crippen LogP contribution in [0.3, 0.4) is 0 Å². The lowest BCUT2D eigenvalue weighted by atomic mass is 10.0. The minimum Gasteiger partial charge on any atom is -0.334 e. The molecule has 4 nitrogen and oxygen atoms in total. The summed E-state index contributed by atoms with van der Waals surface area (Å²) < 4.78 is 2.05. The van der Waals surface area contributed by atoms with Crippen molar-refractivity contribution in [3.8, 4) is 0 Å². The quantitative estimate of drug-likeness (QED) is 0.831. The summed E-state index contributed by atoms with van der Waals surface area (Å²) in [4.78, 5) is 4.40. The molecule has 0 fully saturated rings. The summed E-state index contributed by atoms with van der Waals surface area (Å²) >= 11 is 0. The van der Waals surface area contributed by atoms with Gasteiger partial charge in [0.1, 0.15) is 0 Å². The van der Waals surface area contributed by atoms with Crippen LogP contribution in [-0.4, -0.2) is 35.2 Å². The number of nitrogens with zero attached hydrogens (tertiary/aromatic N) is 2. The van der Waals surface area contributed by atoms with Crippen molar-refractivity contribution in [2.75, 3.05) is 20.1 Å². The largest absolute Gasteiger partial charge is 0.334 e. The van der Waals surface area contributed by atoms with E-state index in [-0.39, 0.29) is 5.54 Å². The highest BCUT2D eigenvalue weighted by molar-refractivity contribution is 5.75. The van der Waals surface area contributed by atoms with Crippen LogP contribution in [0, 0.1) is 0 Å². The van der Waals surface area contributed by atoms with E-state index in [2.05, 4.69) is 47.7 Å². The topological polar surface area (TPSA) is 41.9 Å². The van der Waals surface area contributed by atoms with E-state index in [9.17, 15) is 0 Å². The number of rotatable bonds is 6. The van der Waals surface area contributed by atoms with Crippen LogP contribution in [0.5, 0.6) is 0 Å². The molecular weight excluding hydrogens is 236 g/mol. The number of aryl methyl sites for hydroxylation is 1. The van der Waals surface area contributed by atoms with Crippen LogP contribution >= 0.6 is 0 Å². The number of benzene rings is 1. The summed E-state index contributed by atoms with van der Waals surface area (Å²) in [5, 5.41) is 6.78. The summed E-state index contributed by atoms with van der Waals surface area (Å²) in [5.41, 5.74) is 3.73. The monoisotopic (exact) mass is 260 g/mol. The molecule has 4 heteroatoms. The predicted octanol–water partition coefficient (Wildman–Crippen LogP) is 1.70. The van der Waals surface area contributed by atoms with Gasteiger partial charge in [-0.2, -0.15) is 0 Å². The average Bonchev–Trinajstić information content (AvgIpc) is 2.70. The Morgan fingerprint density at radius 2 is 2.11 bits per heavy atom. The summed E-state index contributed by atoms with van der Waals surface area (Å²) in [7, 11) is 4.01. The lowest BCUT2D eigenvalue weighted by Crippen LogP contribution is -2.47. The van der Waals surface area contributed by atoms with Crippen LogP contribution in [0.1, 0.15) is 19.4 Å². The summed E-state index contributed by atoms with van der Waals surface area (Å²) in [6.07, 6.45) is 2.89. The van der Waals surface area contributed by atoms with Crippen molar-refractivity contribution in [1.29, 1.82) is 0 Å². The lowest BCUT2D eigenvalue weighted by Gasteiger charge is -2.26. The van der Waals surface area contributed by atoms with Crippen LogP contribution in [-0.2, 0) is 13.5 Å². The molecule has 0 spiro atoms. The van der Waals surface area contributed by atoms with Crippen molar-refractivity contribution < 1.29 is 0 Å². The Bertz CT molecular complexity index is 542. The average molecular weight is 260 g/mol. The minimum absolute atomic E-state index is 0.129. The van der Waals surface area contributed by atoms with Crippen molar-refractivity contribution in [3.63, 3.8) is 0 Å². The zero-order valence-electron chi connectivity index (χ0n) is 12.3. The molecule has 2 aromatic rings. The molecule has 1 heterocycles. The summed E-state index contributed by atoms with van der Waals surface area (Å²) in [6.45, 7) is 6.37. The Kier molecular flexibility index (Phi) is 4.22. The van der Waals surface area contributed by atoms with E-state index >= 15 is 0 Å². The Morgan fingerprint density at radius 1 is 1.32 bits per heavy atom. The number of hydrogen-bond acceptors (Lipinski definition) is 3. The molecule has 0 saturated heterocycles. The molecule has 0 amide bonds. The van der Waals surface area contributed by atoms with Gasteiger partial charge >= 0.3 is 0 Å². The third kappa shape index (κ3) is 3.55. The highest BCUT2D eigenvalue weighted by Gasteiger charge is 2.14. The molecule has 0 atom stereocenters. The van der Waals surface area contributed by atoms with E-state index in [0.29, 0.717) is 0 Å². The van der Waals surface area contributed by atoms with Crippen molar-refractivity contribution in [3.05, 3.63) is 30.1 Å². The highest BCUT2D eigenvalue weighted by Crippen LogP contribution is 2.14. The standard InChI is InChI=1S/C15H24N4/c1-15(2,10-16-3)18-8-7-12-5-6-14-13(9-12)17-11-19(14)4/h5-6,9,11,16,18H,7-8,10H2,1-4H3. The van der Waals surface area contributed by atoms with Gasteiger partial charge in [-0.05, 0) is 51.6 Å². The van der Waals surface area contributed by atoms with E-state index in [1.165, 1.54) is 11.1 Å². The molecule has 0 aliphatic heterocycles. The van der Waals surface area contributed by atoms with Crippen LogP contribution in [0.4, 0.5) is 0 Å². The Morgan fingerprint density at radius 3 is 2.84 bits per heavy atom. The maximum Gasteiger partial charge on any atom is 0.0955 e. The van der Waals surface area contributed by atoms with Gasteiger partial charge in [0.05, 0.1) is 17.4 Å². The second kappa shape index (κ2) is 5.72. The number of likely N-dealkylation sites (N-methyl/N-ethyl adjacent to an activating group) is 1. The van der Waals surface area contributed by atoms with Gasteiger partial charge in [-0.1, -0.05) is 6.07 Å². The fourth-order valence-corrected chi connectivity index (χ4v) is 2.39. The first-order valence-corrected chi connectivity index (χ1v) is 6.81. The first-order chi connectivity index (χ1) is 9.02. The molecule has 2 rings (SSSR count). The molecule has 1 aromatic carbocycles. The fraction of sp³-hybridized carbons (Fsp3) is 0.533. The Hall–Kier alpha value is -1.39. The molecule has 0 radical (unpaired) electrons. The van der Waals surface area contributed by atoms with Gasteiger partial charge in [0.15, 0.2) is 0 Å². The first-order valence-electron chi connectivity index (χ1n) is 6.81. The SMILES string of the molecule is CNCC(C)(C)NCCc1ccc2c(c1)ncn2C. The van der Waals surface area contributed by atoms with Gasteiger partial charge in [-0.25, -0.2) is 4.98 Å². The summed E-state index contributed by atoms with van der Waals surface area (Å²) in [6, 6.07) is 6.52. The second-order valence-electron chi connectivity index (χ2n) is 5.77. The van der Waals surface area contributed by atoms with E-state index in [4.69, 9.17) is 0 Å². The fourth-order valence-electron chi connectivity index (χ4n) is 2.39. The molecule has 104 valence electrons. The van der Waals surface area contributed by atoms with Gasteiger partial charge in [0.25, 0.3) is 0 Å². The number of imidazole rings is 1. The molecule has 0 saturated carbocycles. The molecule has 0 bridgehead atoms. The highest BCUT2D eigenvalue weighted by atomic mass is 15.0. The molecule has 0 aliphatic rings. The molecule has 19 heavy (non-hydrogen) atoms. The van der Waals surface area contributed by atoms with E-state index in [1.807, 2.05) is 25.0 Å². The van der Waals surface area contributed by atoms with Crippen LogP contribution < -0.4 is 10.6 Å². The van der Waals surface area contributed by atoms with E-state index < -0.39 is 0 Å². The van der Waals surface area contributed by atoms with Gasteiger partial charge in [-0.3, -0.25) is 0 Å². The lowest BCUT2D eigenvalue weighted by molar-refractivity contribution is 0.379. The molecule has 2 N–H and O–H groups in total. The van der Waals surface area contributed by atoms with Crippen molar-refractivity contribution in [2.24, 2.45) is 7.05 Å². The Balaban J connectivity index is 1.95. The van der Waals surface area contributed by atoms with Crippen LogP contribution in [0.15, 0.2) is 24.5 Å². The third-order valence-electron chi connectivity index (χ3n) is 3.43. The molecular formula is C15H24N4. The Labute approximate surface area is 115 Å². The number of nitrogens with one attached hydrogen (secondary N) is 2. The maximum atomic E-state index is 4.40. The molecule has 0 aliphatic carbocycles. The summed E-state index contributed by atoms with van der Waals surface area (Å²) in [5.74, 6) is 0. The van der Waals surface area contributed by atoms with Gasteiger partial charge in [-0.15, -0.1) is 0 Å². The number of fused-ring (bicyclic) bond motifs is 1. The third-order valence-corrected chi connectivity index (χ3v) is 3.43. The van der Waals surface area contributed by atoms with Gasteiger partial charge < -0.3 is 15.2 Å². The first kappa shape index (κ1) is 14.0. The van der Waals surface area contributed by atoms with Crippen LogP contribution in [0.25, 0.3) is 11.0 Å². The second-order valence-corrected chi connectivity index (χ2v) is 5.77. The predicted molar refractivity (Wildman–Crippen MR) is 80.4 cm³/mol.